The number of thiazole rings is 1. The van der Waals surface area contributed by atoms with Crippen molar-refractivity contribution in [3.05, 3.63) is 51.0 Å². The number of fused-ring (bicyclic) bond motifs is 1. The highest BCUT2D eigenvalue weighted by atomic mass is 32.1. The van der Waals surface area contributed by atoms with Gasteiger partial charge in [0, 0.05) is 49.7 Å². The number of piperazine rings is 1. The molecule has 1 N–H and O–H groups in total. The van der Waals surface area contributed by atoms with Gasteiger partial charge in [0.05, 0.1) is 41.1 Å². The Hall–Kier alpha value is -2.29. The smallest absolute Gasteiger partial charge is 0.261 e. The third-order valence-corrected chi connectivity index (χ3v) is 6.82. The SMILES string of the molecule is O=c1c2ccc(N3CCN(Cc4csc(C5CC5)n4)CC3)cc2ncn1CCO. The zero-order valence-corrected chi connectivity index (χ0v) is 17.1. The predicted molar refractivity (Wildman–Crippen MR) is 115 cm³/mol. The van der Waals surface area contributed by atoms with E-state index in [4.69, 9.17) is 10.1 Å². The number of benzene rings is 1. The zero-order chi connectivity index (χ0) is 19.8. The van der Waals surface area contributed by atoms with E-state index in [1.807, 2.05) is 29.5 Å². The summed E-state index contributed by atoms with van der Waals surface area (Å²) in [4.78, 5) is 26.5. The highest BCUT2D eigenvalue weighted by Gasteiger charge is 2.27. The number of hydrogen-bond donors (Lipinski definition) is 1. The van der Waals surface area contributed by atoms with Crippen molar-refractivity contribution >= 4 is 27.9 Å². The van der Waals surface area contributed by atoms with Gasteiger partial charge in [-0.3, -0.25) is 14.3 Å². The van der Waals surface area contributed by atoms with E-state index in [0.29, 0.717) is 10.9 Å². The standard InChI is InChI=1S/C21H25N5O2S/c27-10-9-26-14-22-19-11-17(3-4-18(19)21(26)28)25-7-5-24(6-8-25)12-16-13-29-20(23-16)15-1-2-15/h3-4,11,13-15,27H,1-2,5-10,12H2. The first-order valence-corrected chi connectivity index (χ1v) is 11.1. The molecule has 29 heavy (non-hydrogen) atoms. The van der Waals surface area contributed by atoms with Crippen LogP contribution in [0, 0.1) is 0 Å². The summed E-state index contributed by atoms with van der Waals surface area (Å²) < 4.78 is 1.45. The van der Waals surface area contributed by atoms with Crippen molar-refractivity contribution in [1.29, 1.82) is 0 Å². The van der Waals surface area contributed by atoms with Gasteiger partial charge in [-0.25, -0.2) is 9.97 Å². The largest absolute Gasteiger partial charge is 0.395 e. The van der Waals surface area contributed by atoms with Crippen LogP contribution >= 0.6 is 11.3 Å². The second kappa shape index (κ2) is 7.85. The topological polar surface area (TPSA) is 74.5 Å². The van der Waals surface area contributed by atoms with Gasteiger partial charge >= 0.3 is 0 Å². The first-order valence-electron chi connectivity index (χ1n) is 10.2. The van der Waals surface area contributed by atoms with Crippen molar-refractivity contribution in [1.82, 2.24) is 19.4 Å². The van der Waals surface area contributed by atoms with Crippen LogP contribution in [-0.2, 0) is 13.1 Å². The van der Waals surface area contributed by atoms with E-state index in [1.54, 1.807) is 0 Å². The minimum atomic E-state index is -0.103. The van der Waals surface area contributed by atoms with Crippen molar-refractivity contribution in [2.24, 2.45) is 0 Å². The van der Waals surface area contributed by atoms with Crippen molar-refractivity contribution in [2.45, 2.75) is 31.8 Å². The van der Waals surface area contributed by atoms with Gasteiger partial charge < -0.3 is 10.0 Å². The number of aliphatic hydroxyl groups is 1. The highest BCUT2D eigenvalue weighted by molar-refractivity contribution is 7.09. The van der Waals surface area contributed by atoms with Crippen LogP contribution < -0.4 is 10.5 Å². The summed E-state index contributed by atoms with van der Waals surface area (Å²) in [5.41, 5.74) is 2.92. The molecule has 0 unspecified atom stereocenters. The number of anilines is 1. The van der Waals surface area contributed by atoms with E-state index in [9.17, 15) is 4.79 Å². The molecular formula is C21H25N5O2S. The van der Waals surface area contributed by atoms with Crippen LogP contribution in [0.2, 0.25) is 0 Å². The van der Waals surface area contributed by atoms with Crippen LogP contribution in [0.3, 0.4) is 0 Å². The summed E-state index contributed by atoms with van der Waals surface area (Å²) in [5.74, 6) is 0.736. The molecule has 5 rings (SSSR count). The fourth-order valence-corrected chi connectivity index (χ4v) is 4.90. The minimum Gasteiger partial charge on any atom is -0.395 e. The van der Waals surface area contributed by atoms with Gasteiger partial charge in [0.2, 0.25) is 0 Å². The lowest BCUT2D eigenvalue weighted by atomic mass is 10.2. The maximum absolute atomic E-state index is 12.5. The van der Waals surface area contributed by atoms with Gasteiger partial charge in [0.1, 0.15) is 0 Å². The van der Waals surface area contributed by atoms with Gasteiger partial charge in [-0.05, 0) is 31.0 Å². The number of aromatic nitrogens is 3. The molecule has 0 radical (unpaired) electrons. The molecule has 1 aromatic carbocycles. The second-order valence-electron chi connectivity index (χ2n) is 7.88. The van der Waals surface area contributed by atoms with Crippen LogP contribution in [0.1, 0.15) is 29.5 Å². The molecule has 0 spiro atoms. The second-order valence-corrected chi connectivity index (χ2v) is 8.77. The molecule has 1 aliphatic heterocycles. The number of rotatable bonds is 6. The molecule has 1 aliphatic carbocycles. The fraction of sp³-hybridized carbons (Fsp3) is 0.476. The molecule has 2 fully saturated rings. The first kappa shape index (κ1) is 18.7. The lowest BCUT2D eigenvalue weighted by Gasteiger charge is -2.35. The molecule has 0 atom stereocenters. The van der Waals surface area contributed by atoms with E-state index >= 15 is 0 Å². The van der Waals surface area contributed by atoms with Gasteiger partial charge in [-0.15, -0.1) is 11.3 Å². The van der Waals surface area contributed by atoms with Crippen molar-refractivity contribution < 1.29 is 5.11 Å². The lowest BCUT2D eigenvalue weighted by Crippen LogP contribution is -2.46. The number of hydrogen-bond acceptors (Lipinski definition) is 7. The third kappa shape index (κ3) is 3.92. The quantitative estimate of drug-likeness (QED) is 0.669. The molecule has 2 aliphatic rings. The molecule has 152 valence electrons. The predicted octanol–water partition coefficient (Wildman–Crippen LogP) is 2.04. The summed E-state index contributed by atoms with van der Waals surface area (Å²) in [6, 6.07) is 5.86. The summed E-state index contributed by atoms with van der Waals surface area (Å²) >= 11 is 1.82. The van der Waals surface area contributed by atoms with Gasteiger partial charge in [0.25, 0.3) is 5.56 Å². The Balaban J connectivity index is 1.24. The maximum Gasteiger partial charge on any atom is 0.261 e. The Bertz CT molecular complexity index is 1070. The van der Waals surface area contributed by atoms with E-state index in [2.05, 4.69) is 20.2 Å². The van der Waals surface area contributed by atoms with Crippen LogP contribution in [0.4, 0.5) is 5.69 Å². The average molecular weight is 412 g/mol. The van der Waals surface area contributed by atoms with Crippen molar-refractivity contribution in [3.8, 4) is 0 Å². The fourth-order valence-electron chi connectivity index (χ4n) is 3.92. The summed E-state index contributed by atoms with van der Waals surface area (Å²) in [5, 5.41) is 13.2. The van der Waals surface area contributed by atoms with Crippen LogP contribution in [-0.4, -0.2) is 57.3 Å². The number of nitrogens with zero attached hydrogens (tertiary/aromatic N) is 5. The molecule has 0 bridgehead atoms. The highest BCUT2D eigenvalue weighted by Crippen LogP contribution is 2.41. The van der Waals surface area contributed by atoms with Crippen molar-refractivity contribution in [3.63, 3.8) is 0 Å². The maximum atomic E-state index is 12.5. The van der Waals surface area contributed by atoms with Crippen LogP contribution in [0.15, 0.2) is 34.7 Å². The van der Waals surface area contributed by atoms with Crippen LogP contribution in [0.25, 0.3) is 10.9 Å². The molecule has 0 amide bonds. The van der Waals surface area contributed by atoms with Gasteiger partial charge in [0.15, 0.2) is 0 Å². The first-order chi connectivity index (χ1) is 14.2. The Labute approximate surface area is 173 Å². The normalized spacial score (nSPS) is 17.9. The zero-order valence-electron chi connectivity index (χ0n) is 16.3. The van der Waals surface area contributed by atoms with E-state index in [-0.39, 0.29) is 18.7 Å². The minimum absolute atomic E-state index is 0.0712. The Morgan fingerprint density at radius 3 is 2.76 bits per heavy atom. The molecule has 2 aromatic heterocycles. The van der Waals surface area contributed by atoms with Gasteiger partial charge in [-0.2, -0.15) is 0 Å². The van der Waals surface area contributed by atoms with Crippen molar-refractivity contribution in [2.75, 3.05) is 37.7 Å². The summed E-state index contributed by atoms with van der Waals surface area (Å²) in [6.07, 6.45) is 4.13. The average Bonchev–Trinajstić information content (AvgIpc) is 3.50. The van der Waals surface area contributed by atoms with E-state index in [0.717, 1.165) is 44.3 Å². The lowest BCUT2D eigenvalue weighted by molar-refractivity contribution is 0.247. The van der Waals surface area contributed by atoms with E-state index < -0.39 is 0 Å². The van der Waals surface area contributed by atoms with Gasteiger partial charge in [-0.1, -0.05) is 0 Å². The molecule has 1 saturated carbocycles. The summed E-state index contributed by atoms with van der Waals surface area (Å²) in [7, 11) is 0. The molecular weight excluding hydrogens is 386 g/mol. The van der Waals surface area contributed by atoms with E-state index in [1.165, 1.54) is 34.4 Å². The molecule has 7 nitrogen and oxygen atoms in total. The summed E-state index contributed by atoms with van der Waals surface area (Å²) in [6.45, 7) is 5.03. The number of aliphatic hydroxyl groups excluding tert-OH is 1. The molecule has 3 heterocycles. The Morgan fingerprint density at radius 1 is 1.17 bits per heavy atom. The molecule has 1 saturated heterocycles. The Kier molecular flexibility index (Phi) is 5.07. The molecule has 8 heteroatoms. The van der Waals surface area contributed by atoms with Crippen LogP contribution in [0.5, 0.6) is 0 Å². The monoisotopic (exact) mass is 411 g/mol. The molecule has 3 aromatic rings. The Morgan fingerprint density at radius 2 is 2.00 bits per heavy atom. The third-order valence-electron chi connectivity index (χ3n) is 5.77.